The molecule has 8 nitrogen and oxygen atoms in total. The number of amides is 2. The molecule has 8 heteroatoms. The zero-order chi connectivity index (χ0) is 21.7. The SMILES string of the molecule is Cc1nc2ccccc2n1[C@H]1C[C@H]2CN(C(=O)NC3CC3)C[C@H]2C[C@@H]1Oc1cnccn1. The van der Waals surface area contributed by atoms with Crippen LogP contribution < -0.4 is 10.1 Å². The first kappa shape index (κ1) is 19.5. The Labute approximate surface area is 187 Å². The van der Waals surface area contributed by atoms with E-state index in [0.717, 1.165) is 55.6 Å². The molecule has 1 N–H and O–H groups in total. The van der Waals surface area contributed by atoms with Crippen LogP contribution in [0.3, 0.4) is 0 Å². The summed E-state index contributed by atoms with van der Waals surface area (Å²) in [6, 6.07) is 8.87. The van der Waals surface area contributed by atoms with Crippen LogP contribution in [0, 0.1) is 18.8 Å². The zero-order valence-electron chi connectivity index (χ0n) is 18.2. The molecule has 4 atom stereocenters. The molecule has 32 heavy (non-hydrogen) atoms. The quantitative estimate of drug-likeness (QED) is 0.684. The summed E-state index contributed by atoms with van der Waals surface area (Å²) >= 11 is 0. The van der Waals surface area contributed by atoms with Gasteiger partial charge in [-0.1, -0.05) is 12.1 Å². The van der Waals surface area contributed by atoms with Crippen molar-refractivity contribution in [2.45, 2.75) is 50.8 Å². The number of ether oxygens (including phenoxy) is 1. The molecular formula is C24H28N6O2. The highest BCUT2D eigenvalue weighted by Gasteiger charge is 2.46. The van der Waals surface area contributed by atoms with E-state index >= 15 is 0 Å². The Morgan fingerprint density at radius 3 is 2.72 bits per heavy atom. The van der Waals surface area contributed by atoms with Gasteiger partial charge in [-0.05, 0) is 56.6 Å². The Bertz CT molecular complexity index is 1130. The lowest BCUT2D eigenvalue weighted by molar-refractivity contribution is 0.0519. The number of nitrogens with one attached hydrogen (secondary N) is 1. The van der Waals surface area contributed by atoms with Crippen molar-refractivity contribution in [2.75, 3.05) is 13.1 Å². The van der Waals surface area contributed by atoms with Crippen molar-refractivity contribution in [1.82, 2.24) is 29.7 Å². The maximum absolute atomic E-state index is 12.7. The Balaban J connectivity index is 1.31. The van der Waals surface area contributed by atoms with Crippen molar-refractivity contribution in [3.05, 3.63) is 48.7 Å². The number of benzene rings is 1. The molecule has 2 saturated carbocycles. The topological polar surface area (TPSA) is 85.2 Å². The number of nitrogens with zero attached hydrogens (tertiary/aromatic N) is 5. The molecule has 6 rings (SSSR count). The van der Waals surface area contributed by atoms with Crippen LogP contribution in [0.5, 0.6) is 5.88 Å². The molecule has 0 bridgehead atoms. The van der Waals surface area contributed by atoms with Gasteiger partial charge >= 0.3 is 6.03 Å². The lowest BCUT2D eigenvalue weighted by Gasteiger charge is -2.39. The number of imidazole rings is 1. The maximum Gasteiger partial charge on any atom is 0.317 e. The van der Waals surface area contributed by atoms with E-state index in [4.69, 9.17) is 9.72 Å². The highest BCUT2D eigenvalue weighted by molar-refractivity contribution is 5.76. The van der Waals surface area contributed by atoms with Crippen molar-refractivity contribution >= 4 is 17.1 Å². The van der Waals surface area contributed by atoms with Crippen LogP contribution in [-0.4, -0.2) is 55.7 Å². The van der Waals surface area contributed by atoms with Crippen LogP contribution in [0.2, 0.25) is 0 Å². The molecule has 2 amide bonds. The van der Waals surface area contributed by atoms with Crippen LogP contribution in [0.4, 0.5) is 4.79 Å². The molecule has 2 aromatic heterocycles. The van der Waals surface area contributed by atoms with Gasteiger partial charge in [-0.25, -0.2) is 14.8 Å². The molecule has 1 aromatic carbocycles. The highest BCUT2D eigenvalue weighted by Crippen LogP contribution is 2.44. The molecule has 2 aliphatic carbocycles. The molecular weight excluding hydrogens is 404 g/mol. The predicted molar refractivity (Wildman–Crippen MR) is 119 cm³/mol. The maximum atomic E-state index is 12.7. The molecule has 0 radical (unpaired) electrons. The lowest BCUT2D eigenvalue weighted by atomic mass is 9.77. The van der Waals surface area contributed by atoms with E-state index in [2.05, 4.69) is 45.0 Å². The number of urea groups is 1. The average Bonchev–Trinajstić information content (AvgIpc) is 3.41. The van der Waals surface area contributed by atoms with Crippen molar-refractivity contribution in [3.63, 3.8) is 0 Å². The summed E-state index contributed by atoms with van der Waals surface area (Å²) in [4.78, 5) is 28.0. The number of aryl methyl sites for hydroxylation is 1. The first-order chi connectivity index (χ1) is 15.7. The van der Waals surface area contributed by atoms with E-state index in [1.165, 1.54) is 0 Å². The second kappa shape index (κ2) is 7.76. The average molecular weight is 433 g/mol. The molecule has 3 heterocycles. The predicted octanol–water partition coefficient (Wildman–Crippen LogP) is 3.34. The van der Waals surface area contributed by atoms with E-state index in [9.17, 15) is 4.79 Å². The first-order valence-electron chi connectivity index (χ1n) is 11.6. The fourth-order valence-electron chi connectivity index (χ4n) is 5.53. The summed E-state index contributed by atoms with van der Waals surface area (Å²) < 4.78 is 8.77. The van der Waals surface area contributed by atoms with Gasteiger partial charge in [-0.3, -0.25) is 4.98 Å². The van der Waals surface area contributed by atoms with Crippen molar-refractivity contribution < 1.29 is 9.53 Å². The number of rotatable bonds is 4. The minimum atomic E-state index is -0.0595. The van der Waals surface area contributed by atoms with Gasteiger partial charge in [0.1, 0.15) is 11.9 Å². The van der Waals surface area contributed by atoms with Crippen molar-refractivity contribution in [2.24, 2.45) is 11.8 Å². The van der Waals surface area contributed by atoms with E-state index < -0.39 is 0 Å². The molecule has 1 saturated heterocycles. The summed E-state index contributed by atoms with van der Waals surface area (Å²) in [6.45, 7) is 3.67. The van der Waals surface area contributed by atoms with Crippen LogP contribution in [0.15, 0.2) is 42.9 Å². The lowest BCUT2D eigenvalue weighted by Crippen LogP contribution is -2.40. The molecule has 3 aromatic rings. The van der Waals surface area contributed by atoms with Crippen LogP contribution in [-0.2, 0) is 0 Å². The summed E-state index contributed by atoms with van der Waals surface area (Å²) in [5.74, 6) is 2.41. The summed E-state index contributed by atoms with van der Waals surface area (Å²) in [5.41, 5.74) is 2.13. The Hall–Kier alpha value is -3.16. The zero-order valence-corrected chi connectivity index (χ0v) is 18.2. The van der Waals surface area contributed by atoms with Gasteiger partial charge in [-0.15, -0.1) is 0 Å². The molecule has 0 spiro atoms. The van der Waals surface area contributed by atoms with Crippen LogP contribution >= 0.6 is 0 Å². The smallest absolute Gasteiger partial charge is 0.317 e. The summed E-state index contributed by atoms with van der Waals surface area (Å²) in [6.07, 6.45) is 8.97. The Morgan fingerprint density at radius 1 is 1.12 bits per heavy atom. The monoisotopic (exact) mass is 432 g/mol. The van der Waals surface area contributed by atoms with Gasteiger partial charge in [0.25, 0.3) is 0 Å². The highest BCUT2D eigenvalue weighted by atomic mass is 16.5. The fourth-order valence-corrected chi connectivity index (χ4v) is 5.53. The molecule has 3 aliphatic rings. The number of aromatic nitrogens is 4. The Morgan fingerprint density at radius 2 is 1.94 bits per heavy atom. The number of carbonyl (C=O) groups is 1. The second-order valence-corrected chi connectivity index (χ2v) is 9.41. The molecule has 3 fully saturated rings. The van der Waals surface area contributed by atoms with Gasteiger partial charge in [0.05, 0.1) is 23.3 Å². The van der Waals surface area contributed by atoms with Gasteiger partial charge < -0.3 is 19.5 Å². The van der Waals surface area contributed by atoms with Gasteiger partial charge in [-0.2, -0.15) is 0 Å². The van der Waals surface area contributed by atoms with Crippen LogP contribution in [0.1, 0.15) is 37.5 Å². The second-order valence-electron chi connectivity index (χ2n) is 9.41. The number of hydrogen-bond donors (Lipinski definition) is 1. The van der Waals surface area contributed by atoms with Gasteiger partial charge in [0.15, 0.2) is 0 Å². The standard InChI is InChI=1S/C24H28N6O2/c1-15-27-19-4-2-3-5-20(19)30(15)21-10-16-13-29(24(31)28-18-6-7-18)14-17(16)11-22(21)32-23-12-25-8-9-26-23/h2-5,8-9,12,16-18,21-22H,6-7,10-11,13-14H2,1H3,(H,28,31)/t16-,17+,21-,22-/m0/s1. The van der Waals surface area contributed by atoms with Gasteiger partial charge in [0.2, 0.25) is 5.88 Å². The molecule has 166 valence electrons. The molecule has 0 unspecified atom stereocenters. The van der Waals surface area contributed by atoms with E-state index in [1.54, 1.807) is 18.6 Å². The van der Waals surface area contributed by atoms with Crippen molar-refractivity contribution in [3.8, 4) is 5.88 Å². The van der Waals surface area contributed by atoms with Crippen molar-refractivity contribution in [1.29, 1.82) is 0 Å². The summed E-state index contributed by atoms with van der Waals surface area (Å²) in [5, 5.41) is 3.15. The first-order valence-corrected chi connectivity index (χ1v) is 11.6. The molecule has 1 aliphatic heterocycles. The fraction of sp³-hybridized carbons (Fsp3) is 0.500. The normalized spacial score (nSPS) is 27.3. The third kappa shape index (κ3) is 3.57. The third-order valence-corrected chi connectivity index (χ3v) is 7.19. The Kier molecular flexibility index (Phi) is 4.73. The minimum Gasteiger partial charge on any atom is -0.471 e. The number of likely N-dealkylation sites (tertiary alicyclic amines) is 1. The largest absolute Gasteiger partial charge is 0.471 e. The number of para-hydroxylation sites is 2. The number of fused-ring (bicyclic) bond motifs is 2. The van der Waals surface area contributed by atoms with Crippen LogP contribution in [0.25, 0.3) is 11.0 Å². The minimum absolute atomic E-state index is 0.0595. The van der Waals surface area contributed by atoms with E-state index in [1.807, 2.05) is 11.0 Å². The number of carbonyl (C=O) groups excluding carboxylic acids is 1. The van der Waals surface area contributed by atoms with E-state index in [0.29, 0.717) is 23.8 Å². The van der Waals surface area contributed by atoms with E-state index in [-0.39, 0.29) is 18.2 Å². The number of hydrogen-bond acceptors (Lipinski definition) is 5. The van der Waals surface area contributed by atoms with Gasteiger partial charge in [0, 0.05) is 31.5 Å². The summed E-state index contributed by atoms with van der Waals surface area (Å²) in [7, 11) is 0. The third-order valence-electron chi connectivity index (χ3n) is 7.19.